The molecule has 0 bridgehead atoms. The molecule has 0 aromatic carbocycles. The van der Waals surface area contributed by atoms with E-state index in [1.807, 2.05) is 20.8 Å². The minimum atomic E-state index is -0.236. The molecular weight excluding hydrogens is 128 g/mol. The molecule has 2 nitrogen and oxygen atoms in total. The van der Waals surface area contributed by atoms with Gasteiger partial charge < -0.3 is 9.84 Å². The minimum Gasteiger partial charge on any atom is -0.392 e. The second-order valence-electron chi connectivity index (χ2n) is 3.17. The lowest BCUT2D eigenvalue weighted by Gasteiger charge is -2.20. The summed E-state index contributed by atoms with van der Waals surface area (Å²) in [5, 5.41) is 9.45. The second-order valence-corrected chi connectivity index (χ2v) is 3.17. The molecule has 62 valence electrons. The van der Waals surface area contributed by atoms with Crippen molar-refractivity contribution in [3.8, 4) is 0 Å². The molecule has 0 saturated heterocycles. The molecule has 0 rings (SSSR count). The van der Waals surface area contributed by atoms with Crippen LogP contribution in [0.1, 0.15) is 20.8 Å². The smallest absolute Gasteiger partial charge is 0.0610 e. The van der Waals surface area contributed by atoms with Gasteiger partial charge in [-0.3, -0.25) is 0 Å². The highest BCUT2D eigenvalue weighted by molar-refractivity contribution is 4.66. The molecule has 2 heteroatoms. The first kappa shape index (κ1) is 9.92. The summed E-state index contributed by atoms with van der Waals surface area (Å²) in [5.74, 6) is 0.565. The van der Waals surface area contributed by atoms with E-state index in [0.717, 1.165) is 0 Å². The van der Waals surface area contributed by atoms with Crippen molar-refractivity contribution < 1.29 is 9.84 Å². The van der Waals surface area contributed by atoms with Gasteiger partial charge in [-0.15, -0.1) is 0 Å². The average Bonchev–Trinajstić information content (AvgIpc) is 1.87. The maximum absolute atomic E-state index is 9.45. The van der Waals surface area contributed by atoms with Crippen molar-refractivity contribution in [3.63, 3.8) is 0 Å². The van der Waals surface area contributed by atoms with E-state index in [9.17, 15) is 5.11 Å². The first-order valence-electron chi connectivity index (χ1n) is 3.76. The van der Waals surface area contributed by atoms with Crippen molar-refractivity contribution >= 4 is 0 Å². The number of aliphatic hydroxyl groups excluding tert-OH is 1. The van der Waals surface area contributed by atoms with Gasteiger partial charge in [0.05, 0.1) is 12.7 Å². The van der Waals surface area contributed by atoms with Crippen molar-refractivity contribution in [2.24, 2.45) is 11.8 Å². The lowest BCUT2D eigenvalue weighted by Crippen LogP contribution is -2.26. The Kier molecular flexibility index (Phi) is 4.65. The number of hydrogen-bond acceptors (Lipinski definition) is 2. The van der Waals surface area contributed by atoms with E-state index in [4.69, 9.17) is 4.74 Å². The maximum Gasteiger partial charge on any atom is 0.0610 e. The number of hydrogen-bond donors (Lipinski definition) is 1. The Hall–Kier alpha value is -0.0800. The summed E-state index contributed by atoms with van der Waals surface area (Å²) in [6.07, 6.45) is -0.236. The third-order valence-electron chi connectivity index (χ3n) is 1.70. The molecule has 0 aliphatic heterocycles. The second kappa shape index (κ2) is 4.69. The van der Waals surface area contributed by atoms with Gasteiger partial charge in [-0.1, -0.05) is 20.8 Å². The van der Waals surface area contributed by atoms with Crippen molar-refractivity contribution in [3.05, 3.63) is 0 Å². The molecule has 1 unspecified atom stereocenters. The molecule has 0 aromatic rings. The normalized spacial score (nSPS) is 17.4. The highest BCUT2D eigenvalue weighted by atomic mass is 16.5. The highest BCUT2D eigenvalue weighted by Gasteiger charge is 2.16. The van der Waals surface area contributed by atoms with Crippen LogP contribution in [0, 0.1) is 11.8 Å². The van der Waals surface area contributed by atoms with E-state index in [2.05, 4.69) is 0 Å². The fraction of sp³-hybridized carbons (Fsp3) is 1.00. The SMILES string of the molecule is COC[C@H](C)C(O)C(C)C. The summed E-state index contributed by atoms with van der Waals surface area (Å²) in [6.45, 7) is 6.65. The van der Waals surface area contributed by atoms with E-state index < -0.39 is 0 Å². The molecule has 0 amide bonds. The molecule has 0 radical (unpaired) electrons. The molecule has 0 fully saturated rings. The van der Waals surface area contributed by atoms with Gasteiger partial charge in [-0.2, -0.15) is 0 Å². The van der Waals surface area contributed by atoms with Crippen LogP contribution in [0.2, 0.25) is 0 Å². The molecule has 2 atom stereocenters. The lowest BCUT2D eigenvalue weighted by atomic mass is 9.96. The van der Waals surface area contributed by atoms with Crippen LogP contribution in [0.4, 0.5) is 0 Å². The Balaban J connectivity index is 3.58. The predicted octanol–water partition coefficient (Wildman–Crippen LogP) is 1.29. The molecule has 0 spiro atoms. The van der Waals surface area contributed by atoms with Crippen molar-refractivity contribution in [2.45, 2.75) is 26.9 Å². The highest BCUT2D eigenvalue weighted by Crippen LogP contribution is 2.11. The van der Waals surface area contributed by atoms with Crippen molar-refractivity contribution in [2.75, 3.05) is 13.7 Å². The molecule has 0 aliphatic carbocycles. The molecule has 1 N–H and O–H groups in total. The topological polar surface area (TPSA) is 29.5 Å². The molecule has 0 aromatic heterocycles. The van der Waals surface area contributed by atoms with Crippen LogP contribution < -0.4 is 0 Å². The number of aliphatic hydroxyl groups is 1. The monoisotopic (exact) mass is 146 g/mol. The molecule has 0 saturated carbocycles. The number of methoxy groups -OCH3 is 1. The molecular formula is C8H18O2. The van der Waals surface area contributed by atoms with Gasteiger partial charge in [-0.05, 0) is 5.92 Å². The summed E-state index contributed by atoms with van der Waals surface area (Å²) in [7, 11) is 1.66. The van der Waals surface area contributed by atoms with Crippen molar-refractivity contribution in [1.82, 2.24) is 0 Å². The van der Waals surface area contributed by atoms with Crippen molar-refractivity contribution in [1.29, 1.82) is 0 Å². The van der Waals surface area contributed by atoms with Crippen LogP contribution in [0.15, 0.2) is 0 Å². The standard InChI is InChI=1S/C8H18O2/c1-6(2)8(9)7(3)5-10-4/h6-9H,5H2,1-4H3/t7-,8?/m0/s1. The van der Waals surface area contributed by atoms with E-state index in [1.54, 1.807) is 7.11 Å². The number of ether oxygens (including phenoxy) is 1. The van der Waals surface area contributed by atoms with E-state index in [0.29, 0.717) is 12.5 Å². The van der Waals surface area contributed by atoms with E-state index in [-0.39, 0.29) is 12.0 Å². The summed E-state index contributed by atoms with van der Waals surface area (Å²) in [6, 6.07) is 0. The Morgan fingerprint density at radius 1 is 1.30 bits per heavy atom. The zero-order chi connectivity index (χ0) is 8.15. The fourth-order valence-electron chi connectivity index (χ4n) is 1.02. The Bertz CT molecular complexity index is 81.3. The van der Waals surface area contributed by atoms with Crippen LogP contribution in [-0.4, -0.2) is 24.9 Å². The first-order chi connectivity index (χ1) is 4.59. The predicted molar refractivity (Wildman–Crippen MR) is 41.9 cm³/mol. The van der Waals surface area contributed by atoms with Crippen LogP contribution in [0.5, 0.6) is 0 Å². The Labute approximate surface area is 63.2 Å². The largest absolute Gasteiger partial charge is 0.392 e. The van der Waals surface area contributed by atoms with Crippen LogP contribution in [0.3, 0.4) is 0 Å². The Morgan fingerprint density at radius 2 is 1.80 bits per heavy atom. The fourth-order valence-corrected chi connectivity index (χ4v) is 1.02. The molecule has 0 heterocycles. The average molecular weight is 146 g/mol. The van der Waals surface area contributed by atoms with Crippen LogP contribution >= 0.6 is 0 Å². The lowest BCUT2D eigenvalue weighted by molar-refractivity contribution is 0.0287. The van der Waals surface area contributed by atoms with Gasteiger partial charge in [-0.25, -0.2) is 0 Å². The van der Waals surface area contributed by atoms with E-state index in [1.165, 1.54) is 0 Å². The van der Waals surface area contributed by atoms with Crippen LogP contribution in [-0.2, 0) is 4.74 Å². The van der Waals surface area contributed by atoms with Gasteiger partial charge >= 0.3 is 0 Å². The Morgan fingerprint density at radius 3 is 2.10 bits per heavy atom. The van der Waals surface area contributed by atoms with Gasteiger partial charge in [0.2, 0.25) is 0 Å². The van der Waals surface area contributed by atoms with Gasteiger partial charge in [0.1, 0.15) is 0 Å². The summed E-state index contributed by atoms with van der Waals surface area (Å²) in [4.78, 5) is 0. The first-order valence-corrected chi connectivity index (χ1v) is 3.76. The third-order valence-corrected chi connectivity index (χ3v) is 1.70. The van der Waals surface area contributed by atoms with Gasteiger partial charge in [0.25, 0.3) is 0 Å². The van der Waals surface area contributed by atoms with Gasteiger partial charge in [0, 0.05) is 13.0 Å². The summed E-state index contributed by atoms with van der Waals surface area (Å²) in [5.41, 5.74) is 0. The maximum atomic E-state index is 9.45. The zero-order valence-electron chi connectivity index (χ0n) is 7.29. The quantitative estimate of drug-likeness (QED) is 0.647. The third kappa shape index (κ3) is 3.18. The van der Waals surface area contributed by atoms with Crippen LogP contribution in [0.25, 0.3) is 0 Å². The van der Waals surface area contributed by atoms with Gasteiger partial charge in [0.15, 0.2) is 0 Å². The van der Waals surface area contributed by atoms with E-state index >= 15 is 0 Å². The number of rotatable bonds is 4. The molecule has 0 aliphatic rings. The molecule has 10 heavy (non-hydrogen) atoms. The zero-order valence-corrected chi connectivity index (χ0v) is 7.29. The summed E-state index contributed by atoms with van der Waals surface area (Å²) < 4.78 is 4.91. The minimum absolute atomic E-state index is 0.236. The summed E-state index contributed by atoms with van der Waals surface area (Å²) >= 11 is 0.